The molecule has 1 aromatic carbocycles. The van der Waals surface area contributed by atoms with Gasteiger partial charge >= 0.3 is 0 Å². The third-order valence-electron chi connectivity index (χ3n) is 5.04. The maximum Gasteiger partial charge on any atom is 0.169 e. The highest BCUT2D eigenvalue weighted by Crippen LogP contribution is 2.44. The minimum Gasteiger partial charge on any atom is -0.487 e. The molecule has 1 aliphatic carbocycles. The topological polar surface area (TPSA) is 26.3 Å². The Hall–Kier alpha value is -1.31. The van der Waals surface area contributed by atoms with Gasteiger partial charge < -0.3 is 4.74 Å². The molecule has 0 N–H and O–H groups in total. The van der Waals surface area contributed by atoms with Gasteiger partial charge in [0.15, 0.2) is 5.78 Å². The Kier molecular flexibility index (Phi) is 3.15. The molecular weight excluding hydrogens is 248 g/mol. The van der Waals surface area contributed by atoms with Crippen LogP contribution in [0.5, 0.6) is 5.75 Å². The summed E-state index contributed by atoms with van der Waals surface area (Å²) in [5.41, 5.74) is 1.84. The van der Waals surface area contributed by atoms with Crippen molar-refractivity contribution in [3.05, 3.63) is 29.3 Å². The second kappa shape index (κ2) is 4.61. The van der Waals surface area contributed by atoms with Crippen LogP contribution >= 0.6 is 0 Å². The van der Waals surface area contributed by atoms with Crippen molar-refractivity contribution in [1.29, 1.82) is 0 Å². The van der Waals surface area contributed by atoms with Crippen molar-refractivity contribution in [2.24, 2.45) is 5.41 Å². The lowest BCUT2D eigenvalue weighted by Gasteiger charge is -2.25. The average Bonchev–Trinajstić information content (AvgIpc) is 2.99. The molecule has 0 atom stereocenters. The minimum atomic E-state index is -0.139. The largest absolute Gasteiger partial charge is 0.487 e. The number of benzene rings is 1. The molecule has 1 aliphatic heterocycles. The second-order valence-electron chi connectivity index (χ2n) is 7.03. The van der Waals surface area contributed by atoms with Gasteiger partial charge in [0.1, 0.15) is 11.4 Å². The summed E-state index contributed by atoms with van der Waals surface area (Å²) in [6, 6.07) is 6.01. The van der Waals surface area contributed by atoms with Crippen molar-refractivity contribution >= 4 is 5.78 Å². The van der Waals surface area contributed by atoms with Crippen LogP contribution in [-0.4, -0.2) is 11.4 Å². The lowest BCUT2D eigenvalue weighted by atomic mass is 9.76. The molecule has 0 saturated heterocycles. The summed E-state index contributed by atoms with van der Waals surface area (Å²) >= 11 is 0. The van der Waals surface area contributed by atoms with E-state index in [2.05, 4.69) is 26.8 Å². The van der Waals surface area contributed by atoms with Crippen molar-refractivity contribution in [3.63, 3.8) is 0 Å². The van der Waals surface area contributed by atoms with Gasteiger partial charge in [-0.3, -0.25) is 4.79 Å². The van der Waals surface area contributed by atoms with Crippen LogP contribution in [0.3, 0.4) is 0 Å². The summed E-state index contributed by atoms with van der Waals surface area (Å²) in [6.07, 6.45) is 6.36. The number of ether oxygens (including phenoxy) is 1. The van der Waals surface area contributed by atoms with Gasteiger partial charge in [0, 0.05) is 17.4 Å². The summed E-state index contributed by atoms with van der Waals surface area (Å²) in [6.45, 7) is 6.35. The van der Waals surface area contributed by atoms with E-state index >= 15 is 0 Å². The first kappa shape index (κ1) is 13.7. The zero-order valence-electron chi connectivity index (χ0n) is 12.8. The van der Waals surface area contributed by atoms with Crippen LogP contribution in [0.15, 0.2) is 18.2 Å². The summed E-state index contributed by atoms with van der Waals surface area (Å²) in [5.74, 6) is 1.30. The van der Waals surface area contributed by atoms with Crippen molar-refractivity contribution in [1.82, 2.24) is 0 Å². The number of Topliss-reactive ketones (excluding diaryl/α,β-unsaturated/α-hetero) is 1. The molecule has 1 aromatic rings. The predicted molar refractivity (Wildman–Crippen MR) is 80.4 cm³/mol. The molecule has 0 bridgehead atoms. The lowest BCUT2D eigenvalue weighted by molar-refractivity contribution is 0.0791. The van der Waals surface area contributed by atoms with E-state index in [9.17, 15) is 4.79 Å². The van der Waals surface area contributed by atoms with Crippen molar-refractivity contribution in [2.45, 2.75) is 64.9 Å². The Morgan fingerprint density at radius 2 is 1.95 bits per heavy atom. The fourth-order valence-corrected chi connectivity index (χ4v) is 3.85. The number of rotatable bonds is 3. The smallest absolute Gasteiger partial charge is 0.169 e. The summed E-state index contributed by atoms with van der Waals surface area (Å²) < 4.78 is 5.89. The van der Waals surface area contributed by atoms with E-state index < -0.39 is 0 Å². The number of carbonyl (C=O) groups excluding carboxylic acids is 1. The molecule has 0 radical (unpaired) electrons. The van der Waals surface area contributed by atoms with Gasteiger partial charge in [0.2, 0.25) is 0 Å². The molecule has 3 rings (SSSR count). The first-order chi connectivity index (χ1) is 9.46. The van der Waals surface area contributed by atoms with Crippen LogP contribution in [0.4, 0.5) is 0 Å². The van der Waals surface area contributed by atoms with Gasteiger partial charge in [-0.1, -0.05) is 19.8 Å². The Balaban J connectivity index is 1.91. The molecule has 0 spiro atoms. The predicted octanol–water partition coefficient (Wildman–Crippen LogP) is 4.55. The fraction of sp³-hybridized carbons (Fsp3) is 0.611. The number of carbonyl (C=O) groups is 1. The summed E-state index contributed by atoms with van der Waals surface area (Å²) in [4.78, 5) is 12.9. The first-order valence-corrected chi connectivity index (χ1v) is 7.83. The Morgan fingerprint density at radius 3 is 2.60 bits per heavy atom. The maximum absolute atomic E-state index is 12.9. The summed E-state index contributed by atoms with van der Waals surface area (Å²) in [7, 11) is 0. The van der Waals surface area contributed by atoms with Crippen LogP contribution in [-0.2, 0) is 6.42 Å². The molecule has 2 aliphatic rings. The maximum atomic E-state index is 12.9. The molecule has 20 heavy (non-hydrogen) atoms. The van der Waals surface area contributed by atoms with Gasteiger partial charge in [0.25, 0.3) is 0 Å². The van der Waals surface area contributed by atoms with Crippen LogP contribution in [0.1, 0.15) is 68.8 Å². The minimum absolute atomic E-state index is 0.0940. The zero-order chi connectivity index (χ0) is 14.4. The van der Waals surface area contributed by atoms with Gasteiger partial charge in [-0.15, -0.1) is 0 Å². The second-order valence-corrected chi connectivity index (χ2v) is 7.03. The number of ketones is 1. The molecule has 2 heteroatoms. The third-order valence-corrected chi connectivity index (χ3v) is 5.04. The average molecular weight is 272 g/mol. The van der Waals surface area contributed by atoms with E-state index in [-0.39, 0.29) is 11.0 Å². The Labute approximate surface area is 121 Å². The molecule has 108 valence electrons. The van der Waals surface area contributed by atoms with E-state index in [1.165, 1.54) is 18.4 Å². The molecule has 1 fully saturated rings. The van der Waals surface area contributed by atoms with Crippen molar-refractivity contribution in [2.75, 3.05) is 0 Å². The van der Waals surface area contributed by atoms with E-state index in [0.717, 1.165) is 37.0 Å². The normalized spacial score (nSPS) is 22.4. The first-order valence-electron chi connectivity index (χ1n) is 7.83. The van der Waals surface area contributed by atoms with Crippen molar-refractivity contribution < 1.29 is 9.53 Å². The highest BCUT2D eigenvalue weighted by atomic mass is 16.5. The standard InChI is InChI=1S/C18H24O2/c1-4-18(9-5-6-10-18)16(19)13-7-8-15-14(11-13)12-17(2,3)20-15/h7-8,11H,4-6,9-10,12H2,1-3H3. The highest BCUT2D eigenvalue weighted by Gasteiger charge is 2.40. The number of hydrogen-bond donors (Lipinski definition) is 0. The molecule has 0 unspecified atom stereocenters. The summed E-state index contributed by atoms with van der Waals surface area (Å²) in [5, 5.41) is 0. The van der Waals surface area contributed by atoms with Crippen LogP contribution in [0.2, 0.25) is 0 Å². The van der Waals surface area contributed by atoms with Gasteiger partial charge in [-0.2, -0.15) is 0 Å². The van der Waals surface area contributed by atoms with Gasteiger partial charge in [-0.05, 0) is 56.9 Å². The molecule has 1 heterocycles. The Morgan fingerprint density at radius 1 is 1.25 bits per heavy atom. The number of fused-ring (bicyclic) bond motifs is 1. The highest BCUT2D eigenvalue weighted by molar-refractivity contribution is 6.01. The van der Waals surface area contributed by atoms with E-state index in [4.69, 9.17) is 4.74 Å². The molecule has 2 nitrogen and oxygen atoms in total. The monoisotopic (exact) mass is 272 g/mol. The third kappa shape index (κ3) is 2.15. The Bertz CT molecular complexity index is 536. The lowest BCUT2D eigenvalue weighted by Crippen LogP contribution is -2.27. The van der Waals surface area contributed by atoms with Crippen molar-refractivity contribution in [3.8, 4) is 5.75 Å². The molecule has 0 amide bonds. The van der Waals surface area contributed by atoms with Crippen LogP contribution < -0.4 is 4.74 Å². The quantitative estimate of drug-likeness (QED) is 0.754. The SMILES string of the molecule is CCC1(C(=O)c2ccc3c(c2)CC(C)(C)O3)CCCC1. The zero-order valence-corrected chi connectivity index (χ0v) is 12.8. The van der Waals surface area contributed by atoms with Gasteiger partial charge in [0.05, 0.1) is 0 Å². The van der Waals surface area contributed by atoms with Gasteiger partial charge in [-0.25, -0.2) is 0 Å². The van der Waals surface area contributed by atoms with Crippen LogP contribution in [0.25, 0.3) is 0 Å². The fourth-order valence-electron chi connectivity index (χ4n) is 3.85. The van der Waals surface area contributed by atoms with Crippen LogP contribution in [0, 0.1) is 5.41 Å². The molecule has 0 aromatic heterocycles. The molecular formula is C18H24O2. The van der Waals surface area contributed by atoms with E-state index in [0.29, 0.717) is 5.78 Å². The van der Waals surface area contributed by atoms with E-state index in [1.54, 1.807) is 0 Å². The van der Waals surface area contributed by atoms with E-state index in [1.807, 2.05) is 12.1 Å². The molecule has 1 saturated carbocycles. The number of hydrogen-bond acceptors (Lipinski definition) is 2.